The van der Waals surface area contributed by atoms with Gasteiger partial charge in [-0.05, 0) is 20.3 Å². The van der Waals surface area contributed by atoms with Crippen LogP contribution in [0.2, 0.25) is 0 Å². The van der Waals surface area contributed by atoms with Crippen molar-refractivity contribution < 1.29 is 13.9 Å². The highest BCUT2D eigenvalue weighted by Gasteiger charge is 2.37. The molecule has 2 atom stereocenters. The third-order valence-corrected chi connectivity index (χ3v) is 5.13. The number of methoxy groups -OCH3 is 1. The van der Waals surface area contributed by atoms with Gasteiger partial charge in [-0.1, -0.05) is 6.58 Å². The molecule has 0 radical (unpaired) electrons. The summed E-state index contributed by atoms with van der Waals surface area (Å²) < 4.78 is 19.9. The van der Waals surface area contributed by atoms with Crippen molar-refractivity contribution in [3.8, 4) is 0 Å². The zero-order valence-corrected chi connectivity index (χ0v) is 17.8. The zero-order chi connectivity index (χ0) is 21.8. The first-order valence-corrected chi connectivity index (χ1v) is 9.83. The Kier molecular flexibility index (Phi) is 6.66. The number of likely N-dealkylation sites (N-methyl/N-ethyl adjacent to an activating group) is 1. The summed E-state index contributed by atoms with van der Waals surface area (Å²) in [5.41, 5.74) is 2.24. The molecular weight excluding hydrogens is 389 g/mol. The molecule has 0 saturated carbocycles. The SMILES string of the molecule is C=C(F)CCCn1cc(CNc2nc(C)c3c(n2)N(C)[C@@H]([C@@H](C)OC)C(=O)N3)cn1. The minimum Gasteiger partial charge on any atom is -0.379 e. The van der Waals surface area contributed by atoms with Crippen molar-refractivity contribution in [2.75, 3.05) is 29.7 Å². The van der Waals surface area contributed by atoms with Crippen LogP contribution in [-0.4, -0.2) is 52.0 Å². The molecule has 0 fully saturated rings. The second-order valence-corrected chi connectivity index (χ2v) is 7.40. The van der Waals surface area contributed by atoms with Crippen LogP contribution >= 0.6 is 0 Å². The molecule has 0 aliphatic carbocycles. The smallest absolute Gasteiger partial charge is 0.249 e. The van der Waals surface area contributed by atoms with Gasteiger partial charge >= 0.3 is 0 Å². The number of aryl methyl sites for hydroxylation is 2. The van der Waals surface area contributed by atoms with Crippen molar-refractivity contribution >= 4 is 23.4 Å². The van der Waals surface area contributed by atoms with Gasteiger partial charge in [0, 0.05) is 45.4 Å². The quantitative estimate of drug-likeness (QED) is 0.647. The number of carbonyl (C=O) groups excluding carboxylic acids is 1. The average Bonchev–Trinajstić information content (AvgIpc) is 3.14. The fraction of sp³-hybridized carbons (Fsp3) is 0.500. The van der Waals surface area contributed by atoms with E-state index in [-0.39, 0.29) is 17.8 Å². The van der Waals surface area contributed by atoms with Crippen LogP contribution in [0.3, 0.4) is 0 Å². The molecule has 0 spiro atoms. The van der Waals surface area contributed by atoms with Gasteiger partial charge in [-0.3, -0.25) is 9.48 Å². The molecule has 0 unspecified atom stereocenters. The van der Waals surface area contributed by atoms with Crippen molar-refractivity contribution in [1.29, 1.82) is 0 Å². The lowest BCUT2D eigenvalue weighted by Gasteiger charge is -2.37. The van der Waals surface area contributed by atoms with Crippen LogP contribution in [0.4, 0.5) is 21.8 Å². The van der Waals surface area contributed by atoms with Crippen LogP contribution in [-0.2, 0) is 22.6 Å². The van der Waals surface area contributed by atoms with Crippen molar-refractivity contribution in [2.24, 2.45) is 0 Å². The summed E-state index contributed by atoms with van der Waals surface area (Å²) in [6.07, 6.45) is 4.35. The van der Waals surface area contributed by atoms with Gasteiger partial charge in [-0.2, -0.15) is 10.1 Å². The third kappa shape index (κ3) is 4.76. The predicted molar refractivity (Wildman–Crippen MR) is 113 cm³/mol. The normalized spacial score (nSPS) is 16.8. The zero-order valence-electron chi connectivity index (χ0n) is 17.8. The molecule has 1 aliphatic rings. The minimum atomic E-state index is -0.483. The summed E-state index contributed by atoms with van der Waals surface area (Å²) in [6, 6.07) is -0.483. The van der Waals surface area contributed by atoms with Gasteiger partial charge in [-0.15, -0.1) is 0 Å². The van der Waals surface area contributed by atoms with E-state index in [9.17, 15) is 9.18 Å². The van der Waals surface area contributed by atoms with Crippen LogP contribution in [0.1, 0.15) is 31.0 Å². The number of allylic oxidation sites excluding steroid dienone is 1. The predicted octanol–water partition coefficient (Wildman–Crippen LogP) is 2.65. The average molecular weight is 417 g/mol. The second kappa shape index (κ2) is 9.21. The number of rotatable bonds is 9. The number of hydrogen-bond donors (Lipinski definition) is 2. The molecule has 3 heterocycles. The fourth-order valence-electron chi connectivity index (χ4n) is 3.43. The summed E-state index contributed by atoms with van der Waals surface area (Å²) in [6.45, 7) is 8.06. The molecule has 10 heteroatoms. The molecule has 3 rings (SSSR count). The fourth-order valence-corrected chi connectivity index (χ4v) is 3.43. The van der Waals surface area contributed by atoms with Crippen molar-refractivity contribution in [2.45, 2.75) is 51.9 Å². The maximum Gasteiger partial charge on any atom is 0.249 e. The van der Waals surface area contributed by atoms with Gasteiger partial charge in [0.25, 0.3) is 0 Å². The van der Waals surface area contributed by atoms with E-state index in [0.717, 1.165) is 5.56 Å². The summed E-state index contributed by atoms with van der Waals surface area (Å²) in [4.78, 5) is 23.4. The van der Waals surface area contributed by atoms with E-state index in [2.05, 4.69) is 32.3 Å². The molecule has 0 bridgehead atoms. The Morgan fingerprint density at radius 3 is 2.93 bits per heavy atom. The molecule has 9 nitrogen and oxygen atoms in total. The van der Waals surface area contributed by atoms with E-state index in [1.807, 2.05) is 32.0 Å². The molecule has 0 saturated heterocycles. The number of aromatic nitrogens is 4. The van der Waals surface area contributed by atoms with Crippen LogP contribution in [0.5, 0.6) is 0 Å². The molecule has 30 heavy (non-hydrogen) atoms. The van der Waals surface area contributed by atoms with E-state index < -0.39 is 6.04 Å². The Hall–Kier alpha value is -3.01. The molecule has 1 amide bonds. The van der Waals surface area contributed by atoms with E-state index in [0.29, 0.717) is 49.1 Å². The number of carbonyl (C=O) groups is 1. The lowest BCUT2D eigenvalue weighted by molar-refractivity contribution is -0.120. The van der Waals surface area contributed by atoms with E-state index in [1.54, 1.807) is 18.0 Å². The van der Waals surface area contributed by atoms with Crippen LogP contribution in [0, 0.1) is 6.92 Å². The molecule has 162 valence electrons. The number of amides is 1. The highest BCUT2D eigenvalue weighted by molar-refractivity contribution is 6.03. The Bertz CT molecular complexity index is 930. The standard InChI is InChI=1S/C20H28FN7O2/c1-12(21)7-6-8-28-11-15(10-23-28)9-22-20-24-13(2)16-18(26-20)27(4)17(14(3)30-5)19(29)25-16/h10-11,14,17H,1,6-9H2,2-5H3,(H,25,29)(H,22,24,26)/t14-,17+/m1/s1. The number of nitrogens with zero attached hydrogens (tertiary/aromatic N) is 5. The summed E-state index contributed by atoms with van der Waals surface area (Å²) >= 11 is 0. The first-order chi connectivity index (χ1) is 14.3. The maximum absolute atomic E-state index is 12.7. The maximum atomic E-state index is 12.7. The molecular formula is C20H28FN7O2. The lowest BCUT2D eigenvalue weighted by atomic mass is 10.1. The molecule has 0 aromatic carbocycles. The van der Waals surface area contributed by atoms with Gasteiger partial charge < -0.3 is 20.3 Å². The summed E-state index contributed by atoms with van der Waals surface area (Å²) in [5.74, 6) is 0.642. The first kappa shape index (κ1) is 21.7. The monoisotopic (exact) mass is 417 g/mol. The number of hydrogen-bond acceptors (Lipinski definition) is 7. The van der Waals surface area contributed by atoms with Gasteiger partial charge in [0.05, 0.1) is 23.8 Å². The van der Waals surface area contributed by atoms with Crippen molar-refractivity contribution in [3.63, 3.8) is 0 Å². The van der Waals surface area contributed by atoms with Crippen molar-refractivity contribution in [1.82, 2.24) is 19.7 Å². The number of anilines is 3. The van der Waals surface area contributed by atoms with E-state index >= 15 is 0 Å². The number of halogens is 1. The Labute approximate surface area is 175 Å². The van der Waals surface area contributed by atoms with Crippen molar-refractivity contribution in [3.05, 3.63) is 36.1 Å². The molecule has 1 aliphatic heterocycles. The summed E-state index contributed by atoms with van der Waals surface area (Å²) in [5, 5.41) is 10.4. The Morgan fingerprint density at radius 1 is 1.47 bits per heavy atom. The molecule has 2 N–H and O–H groups in total. The number of nitrogens with one attached hydrogen (secondary N) is 2. The minimum absolute atomic E-state index is 0.143. The largest absolute Gasteiger partial charge is 0.379 e. The Morgan fingerprint density at radius 2 is 2.23 bits per heavy atom. The van der Waals surface area contributed by atoms with Gasteiger partial charge in [-0.25, -0.2) is 9.37 Å². The second-order valence-electron chi connectivity index (χ2n) is 7.40. The third-order valence-electron chi connectivity index (χ3n) is 5.13. The van der Waals surface area contributed by atoms with Gasteiger partial charge in [0.15, 0.2) is 5.82 Å². The van der Waals surface area contributed by atoms with Crippen LogP contribution in [0.25, 0.3) is 0 Å². The highest BCUT2D eigenvalue weighted by Crippen LogP contribution is 2.33. The van der Waals surface area contributed by atoms with Crippen LogP contribution in [0.15, 0.2) is 24.8 Å². The molecule has 2 aromatic heterocycles. The highest BCUT2D eigenvalue weighted by atomic mass is 19.1. The lowest BCUT2D eigenvalue weighted by Crippen LogP contribution is -2.53. The molecule has 2 aromatic rings. The first-order valence-electron chi connectivity index (χ1n) is 9.83. The van der Waals surface area contributed by atoms with E-state index in [1.165, 1.54) is 0 Å². The van der Waals surface area contributed by atoms with Crippen LogP contribution < -0.4 is 15.5 Å². The van der Waals surface area contributed by atoms with Gasteiger partial charge in [0.1, 0.15) is 11.7 Å². The Balaban J connectivity index is 1.69. The van der Waals surface area contributed by atoms with Gasteiger partial charge in [0.2, 0.25) is 11.9 Å². The summed E-state index contributed by atoms with van der Waals surface area (Å²) in [7, 11) is 3.40. The topological polar surface area (TPSA) is 97.2 Å². The number of fused-ring (bicyclic) bond motifs is 1. The van der Waals surface area contributed by atoms with E-state index in [4.69, 9.17) is 4.74 Å². The number of ether oxygens (including phenoxy) is 1.